The summed E-state index contributed by atoms with van der Waals surface area (Å²) in [4.78, 5) is 10.5. The van der Waals surface area contributed by atoms with Crippen molar-refractivity contribution in [1.29, 1.82) is 0 Å². The Morgan fingerprint density at radius 1 is 1.36 bits per heavy atom. The molecule has 0 bridgehead atoms. The molecule has 0 heterocycles. The van der Waals surface area contributed by atoms with Gasteiger partial charge in [0.25, 0.3) is 0 Å². The number of hydrogen-bond acceptors (Lipinski definition) is 1. The van der Waals surface area contributed by atoms with E-state index in [0.717, 1.165) is 32.1 Å². The number of hydrogen-bond donors (Lipinski definition) is 1. The monoisotopic (exact) mass is 198 g/mol. The van der Waals surface area contributed by atoms with Gasteiger partial charge in [0, 0.05) is 6.42 Å². The summed E-state index contributed by atoms with van der Waals surface area (Å²) in [6.45, 7) is 4.19. The van der Waals surface area contributed by atoms with Crippen LogP contribution in [0, 0.1) is 5.92 Å². The van der Waals surface area contributed by atoms with Gasteiger partial charge < -0.3 is 5.11 Å². The smallest absolute Gasteiger partial charge is 0.303 e. The molecule has 0 amide bonds. The third kappa shape index (κ3) is 7.84. The molecule has 0 aliphatic carbocycles. The van der Waals surface area contributed by atoms with Crippen molar-refractivity contribution in [3.8, 4) is 0 Å². The molecule has 0 aliphatic rings. The minimum Gasteiger partial charge on any atom is -0.481 e. The van der Waals surface area contributed by atoms with Crippen molar-refractivity contribution in [2.75, 3.05) is 0 Å². The standard InChI is InChI=1S/C12H22O2/c1-3-5-6-7-8-9-11(4-2)10-12(13)14/h5-6,11H,3-4,7-10H2,1-2H3,(H,13,14). The van der Waals surface area contributed by atoms with Crippen LogP contribution in [0.2, 0.25) is 0 Å². The molecule has 0 saturated carbocycles. The maximum Gasteiger partial charge on any atom is 0.303 e. The maximum atomic E-state index is 10.5. The Hall–Kier alpha value is -0.790. The van der Waals surface area contributed by atoms with E-state index in [1.54, 1.807) is 0 Å². The summed E-state index contributed by atoms with van der Waals surface area (Å²) in [7, 11) is 0. The van der Waals surface area contributed by atoms with E-state index < -0.39 is 5.97 Å². The summed E-state index contributed by atoms with van der Waals surface area (Å²) in [5.74, 6) is -0.302. The molecule has 2 heteroatoms. The maximum absolute atomic E-state index is 10.5. The van der Waals surface area contributed by atoms with Crippen LogP contribution in [-0.4, -0.2) is 11.1 Å². The van der Waals surface area contributed by atoms with Crippen molar-refractivity contribution in [3.63, 3.8) is 0 Å². The predicted molar refractivity (Wildman–Crippen MR) is 59.3 cm³/mol. The fourth-order valence-electron chi connectivity index (χ4n) is 1.51. The topological polar surface area (TPSA) is 37.3 Å². The van der Waals surface area contributed by atoms with Gasteiger partial charge in [-0.3, -0.25) is 4.79 Å². The first kappa shape index (κ1) is 13.2. The van der Waals surface area contributed by atoms with E-state index in [4.69, 9.17) is 5.11 Å². The van der Waals surface area contributed by atoms with Crippen LogP contribution in [0.25, 0.3) is 0 Å². The number of carboxylic acids is 1. The molecule has 0 aromatic heterocycles. The number of carboxylic acid groups (broad SMARTS) is 1. The van der Waals surface area contributed by atoms with Crippen LogP contribution >= 0.6 is 0 Å². The molecular weight excluding hydrogens is 176 g/mol. The molecule has 1 N–H and O–H groups in total. The van der Waals surface area contributed by atoms with Gasteiger partial charge in [0.1, 0.15) is 0 Å². The average molecular weight is 198 g/mol. The zero-order valence-corrected chi connectivity index (χ0v) is 9.33. The molecule has 0 saturated heterocycles. The molecule has 0 aliphatic heterocycles. The van der Waals surface area contributed by atoms with Gasteiger partial charge in [-0.15, -0.1) is 0 Å². The Balaban J connectivity index is 3.52. The van der Waals surface area contributed by atoms with E-state index in [9.17, 15) is 4.79 Å². The molecule has 82 valence electrons. The van der Waals surface area contributed by atoms with Crippen molar-refractivity contribution in [1.82, 2.24) is 0 Å². The molecule has 2 nitrogen and oxygen atoms in total. The van der Waals surface area contributed by atoms with Gasteiger partial charge in [0.2, 0.25) is 0 Å². The van der Waals surface area contributed by atoms with Crippen LogP contribution in [0.3, 0.4) is 0 Å². The van der Waals surface area contributed by atoms with Crippen molar-refractivity contribution >= 4 is 5.97 Å². The van der Waals surface area contributed by atoms with E-state index in [0.29, 0.717) is 12.3 Å². The lowest BCUT2D eigenvalue weighted by Gasteiger charge is -2.10. The normalized spacial score (nSPS) is 13.3. The van der Waals surface area contributed by atoms with E-state index >= 15 is 0 Å². The van der Waals surface area contributed by atoms with Crippen molar-refractivity contribution in [2.45, 2.75) is 52.4 Å². The highest BCUT2D eigenvalue weighted by Crippen LogP contribution is 2.16. The second kappa shape index (κ2) is 8.79. The second-order valence-corrected chi connectivity index (χ2v) is 3.68. The van der Waals surface area contributed by atoms with Gasteiger partial charge in [-0.2, -0.15) is 0 Å². The Morgan fingerprint density at radius 2 is 2.07 bits per heavy atom. The first-order valence-corrected chi connectivity index (χ1v) is 5.57. The number of unbranched alkanes of at least 4 members (excludes halogenated alkanes) is 1. The summed E-state index contributed by atoms with van der Waals surface area (Å²) < 4.78 is 0. The molecule has 1 atom stereocenters. The molecule has 0 rings (SSSR count). The van der Waals surface area contributed by atoms with Crippen LogP contribution in [0.5, 0.6) is 0 Å². The second-order valence-electron chi connectivity index (χ2n) is 3.68. The van der Waals surface area contributed by atoms with Gasteiger partial charge in [-0.25, -0.2) is 0 Å². The van der Waals surface area contributed by atoms with E-state index in [2.05, 4.69) is 26.0 Å². The Morgan fingerprint density at radius 3 is 2.57 bits per heavy atom. The van der Waals surface area contributed by atoms with E-state index in [1.807, 2.05) is 0 Å². The quantitative estimate of drug-likeness (QED) is 0.477. The zero-order valence-electron chi connectivity index (χ0n) is 9.33. The molecule has 0 aromatic rings. The Kier molecular flexibility index (Phi) is 8.30. The highest BCUT2D eigenvalue weighted by atomic mass is 16.4. The van der Waals surface area contributed by atoms with Crippen molar-refractivity contribution in [2.24, 2.45) is 5.92 Å². The predicted octanol–water partition coefficient (Wildman–Crippen LogP) is 3.62. The summed E-state index contributed by atoms with van der Waals surface area (Å²) in [5, 5.41) is 8.64. The van der Waals surface area contributed by atoms with Crippen molar-refractivity contribution < 1.29 is 9.90 Å². The first-order valence-electron chi connectivity index (χ1n) is 5.57. The molecule has 1 unspecified atom stereocenters. The highest BCUT2D eigenvalue weighted by molar-refractivity contribution is 5.66. The van der Waals surface area contributed by atoms with Gasteiger partial charge in [-0.1, -0.05) is 32.4 Å². The minimum atomic E-state index is -0.666. The summed E-state index contributed by atoms with van der Waals surface area (Å²) in [6, 6.07) is 0. The zero-order chi connectivity index (χ0) is 10.8. The SMILES string of the molecule is CCC=CCCCC(CC)CC(=O)O. The lowest BCUT2D eigenvalue weighted by Crippen LogP contribution is -2.06. The molecule has 0 fully saturated rings. The molecular formula is C12H22O2. The van der Waals surface area contributed by atoms with Crippen LogP contribution in [0.1, 0.15) is 52.4 Å². The Bertz CT molecular complexity index is 173. The van der Waals surface area contributed by atoms with Crippen LogP contribution in [-0.2, 0) is 4.79 Å². The number of carbonyl (C=O) groups is 1. The summed E-state index contributed by atoms with van der Waals surface area (Å²) >= 11 is 0. The fraction of sp³-hybridized carbons (Fsp3) is 0.750. The minimum absolute atomic E-state index is 0.327. The lowest BCUT2D eigenvalue weighted by atomic mass is 9.96. The van der Waals surface area contributed by atoms with Gasteiger partial charge in [0.15, 0.2) is 0 Å². The van der Waals surface area contributed by atoms with E-state index in [1.165, 1.54) is 0 Å². The largest absolute Gasteiger partial charge is 0.481 e. The third-order valence-electron chi connectivity index (χ3n) is 2.43. The Labute approximate surface area is 87.0 Å². The first-order chi connectivity index (χ1) is 6.70. The number of rotatable bonds is 8. The van der Waals surface area contributed by atoms with Crippen LogP contribution < -0.4 is 0 Å². The summed E-state index contributed by atoms with van der Waals surface area (Å²) in [6.07, 6.45) is 9.98. The number of aliphatic carboxylic acids is 1. The van der Waals surface area contributed by atoms with Gasteiger partial charge >= 0.3 is 5.97 Å². The van der Waals surface area contributed by atoms with Gasteiger partial charge in [0.05, 0.1) is 0 Å². The van der Waals surface area contributed by atoms with Gasteiger partial charge in [-0.05, 0) is 31.6 Å². The van der Waals surface area contributed by atoms with Crippen LogP contribution in [0.15, 0.2) is 12.2 Å². The molecule has 0 aromatic carbocycles. The molecule has 14 heavy (non-hydrogen) atoms. The van der Waals surface area contributed by atoms with E-state index in [-0.39, 0.29) is 0 Å². The van der Waals surface area contributed by atoms with Crippen molar-refractivity contribution in [3.05, 3.63) is 12.2 Å². The van der Waals surface area contributed by atoms with Crippen LogP contribution in [0.4, 0.5) is 0 Å². The average Bonchev–Trinajstić information content (AvgIpc) is 2.15. The highest BCUT2D eigenvalue weighted by Gasteiger charge is 2.09. The third-order valence-corrected chi connectivity index (χ3v) is 2.43. The molecule has 0 spiro atoms. The lowest BCUT2D eigenvalue weighted by molar-refractivity contribution is -0.138. The fourth-order valence-corrected chi connectivity index (χ4v) is 1.51. The molecule has 0 radical (unpaired) electrons. The number of allylic oxidation sites excluding steroid dienone is 2. The summed E-state index contributed by atoms with van der Waals surface area (Å²) in [5.41, 5.74) is 0.